The number of anilines is 1. The SMILES string of the molecule is CCCCOC(=O)c1ccc(NC(=O)CSC2=NC(=O)C3CCCC3=N2)cc1. The molecule has 7 nitrogen and oxygen atoms in total. The van der Waals surface area contributed by atoms with Gasteiger partial charge in [0, 0.05) is 11.4 Å². The summed E-state index contributed by atoms with van der Waals surface area (Å²) in [6.07, 6.45) is 4.41. The van der Waals surface area contributed by atoms with Crippen LogP contribution in [0.1, 0.15) is 49.4 Å². The van der Waals surface area contributed by atoms with E-state index in [1.807, 2.05) is 6.92 Å². The summed E-state index contributed by atoms with van der Waals surface area (Å²) in [7, 11) is 0. The van der Waals surface area contributed by atoms with Gasteiger partial charge in [0.1, 0.15) is 0 Å². The molecule has 0 spiro atoms. The molecule has 2 amide bonds. The highest BCUT2D eigenvalue weighted by molar-refractivity contribution is 8.14. The van der Waals surface area contributed by atoms with Crippen LogP contribution < -0.4 is 5.32 Å². The van der Waals surface area contributed by atoms with Crippen molar-refractivity contribution in [3.63, 3.8) is 0 Å². The summed E-state index contributed by atoms with van der Waals surface area (Å²) in [5, 5.41) is 3.12. The van der Waals surface area contributed by atoms with Crippen LogP contribution in [0.3, 0.4) is 0 Å². The number of amidine groups is 1. The number of hydrogen-bond donors (Lipinski definition) is 1. The van der Waals surface area contributed by atoms with Gasteiger partial charge < -0.3 is 10.1 Å². The van der Waals surface area contributed by atoms with E-state index in [1.165, 1.54) is 0 Å². The maximum absolute atomic E-state index is 12.1. The third kappa shape index (κ3) is 5.28. The first kappa shape index (κ1) is 20.3. The molecule has 1 fully saturated rings. The molecule has 1 aliphatic heterocycles. The number of carbonyl (C=O) groups excluding carboxylic acids is 3. The van der Waals surface area contributed by atoms with Crippen molar-refractivity contribution in [1.29, 1.82) is 0 Å². The molecule has 1 atom stereocenters. The highest BCUT2D eigenvalue weighted by Gasteiger charge is 2.32. The number of carbonyl (C=O) groups is 3. The number of esters is 1. The second-order valence-corrected chi connectivity index (χ2v) is 7.63. The Balaban J connectivity index is 1.47. The highest BCUT2D eigenvalue weighted by Crippen LogP contribution is 2.28. The number of fused-ring (bicyclic) bond motifs is 1. The lowest BCUT2D eigenvalue weighted by Crippen LogP contribution is -2.24. The van der Waals surface area contributed by atoms with E-state index in [-0.39, 0.29) is 29.5 Å². The number of unbranched alkanes of at least 4 members (excludes halogenated alkanes) is 1. The van der Waals surface area contributed by atoms with Gasteiger partial charge in [-0.15, -0.1) is 0 Å². The van der Waals surface area contributed by atoms with Gasteiger partial charge in [0.15, 0.2) is 5.17 Å². The summed E-state index contributed by atoms with van der Waals surface area (Å²) in [5.41, 5.74) is 1.92. The largest absolute Gasteiger partial charge is 0.462 e. The molecular weight excluding hydrogens is 378 g/mol. The van der Waals surface area contributed by atoms with Gasteiger partial charge in [-0.1, -0.05) is 25.1 Å². The molecule has 1 aromatic rings. The number of rotatable bonds is 7. The standard InChI is InChI=1S/C20H23N3O4S/c1-2-3-11-27-19(26)13-7-9-14(10-8-13)21-17(24)12-28-20-22-16-6-4-5-15(16)18(25)23-20/h7-10,15H,2-6,11-12H2,1H3,(H,21,24). The summed E-state index contributed by atoms with van der Waals surface area (Å²) < 4.78 is 5.15. The van der Waals surface area contributed by atoms with Crippen LogP contribution in [0.2, 0.25) is 0 Å². The van der Waals surface area contributed by atoms with Crippen LogP contribution in [0, 0.1) is 5.92 Å². The Morgan fingerprint density at radius 2 is 2.04 bits per heavy atom. The zero-order valence-corrected chi connectivity index (χ0v) is 16.6. The smallest absolute Gasteiger partial charge is 0.338 e. The van der Waals surface area contributed by atoms with Crippen LogP contribution in [0.4, 0.5) is 5.69 Å². The minimum Gasteiger partial charge on any atom is -0.462 e. The number of nitrogens with one attached hydrogen (secondary N) is 1. The topological polar surface area (TPSA) is 97.2 Å². The highest BCUT2D eigenvalue weighted by atomic mass is 32.2. The van der Waals surface area contributed by atoms with Crippen molar-refractivity contribution in [2.24, 2.45) is 15.9 Å². The van der Waals surface area contributed by atoms with Crippen molar-refractivity contribution >= 4 is 46.1 Å². The average Bonchev–Trinajstić information content (AvgIpc) is 3.16. The molecule has 3 rings (SSSR count). The minimum absolute atomic E-state index is 0.106. The van der Waals surface area contributed by atoms with E-state index in [9.17, 15) is 14.4 Å². The van der Waals surface area contributed by atoms with E-state index in [0.717, 1.165) is 49.6 Å². The number of benzene rings is 1. The Morgan fingerprint density at radius 3 is 2.79 bits per heavy atom. The molecule has 8 heteroatoms. The Kier molecular flexibility index (Phi) is 6.97. The van der Waals surface area contributed by atoms with E-state index in [2.05, 4.69) is 15.3 Å². The lowest BCUT2D eigenvalue weighted by molar-refractivity contribution is -0.119. The van der Waals surface area contributed by atoms with Crippen molar-refractivity contribution in [3.05, 3.63) is 29.8 Å². The minimum atomic E-state index is -0.369. The van der Waals surface area contributed by atoms with Gasteiger partial charge in [0.25, 0.3) is 5.91 Å². The molecule has 1 heterocycles. The van der Waals surface area contributed by atoms with E-state index < -0.39 is 0 Å². The summed E-state index contributed by atoms with van der Waals surface area (Å²) in [5.74, 6) is -0.788. The van der Waals surface area contributed by atoms with Crippen LogP contribution in [-0.2, 0) is 14.3 Å². The van der Waals surface area contributed by atoms with Gasteiger partial charge in [-0.25, -0.2) is 9.79 Å². The summed E-state index contributed by atoms with van der Waals surface area (Å²) in [4.78, 5) is 44.4. The van der Waals surface area contributed by atoms with Gasteiger partial charge in [-0.3, -0.25) is 9.59 Å². The fraction of sp³-hybridized carbons (Fsp3) is 0.450. The monoisotopic (exact) mass is 401 g/mol. The van der Waals surface area contributed by atoms with Crippen LogP contribution in [0.5, 0.6) is 0 Å². The lowest BCUT2D eigenvalue weighted by Gasteiger charge is -2.13. The first-order valence-electron chi connectivity index (χ1n) is 9.46. The van der Waals surface area contributed by atoms with E-state index in [1.54, 1.807) is 24.3 Å². The van der Waals surface area contributed by atoms with Crippen molar-refractivity contribution in [1.82, 2.24) is 0 Å². The summed E-state index contributed by atoms with van der Waals surface area (Å²) in [6.45, 7) is 2.43. The van der Waals surface area contributed by atoms with Crippen LogP contribution >= 0.6 is 11.8 Å². The van der Waals surface area contributed by atoms with Crippen molar-refractivity contribution < 1.29 is 19.1 Å². The van der Waals surface area contributed by atoms with E-state index in [0.29, 0.717) is 23.0 Å². The third-order valence-corrected chi connectivity index (χ3v) is 5.39. The molecule has 2 aliphatic rings. The molecule has 0 radical (unpaired) electrons. The average molecular weight is 401 g/mol. The lowest BCUT2D eigenvalue weighted by atomic mass is 10.1. The third-order valence-electron chi connectivity index (χ3n) is 4.54. The second kappa shape index (κ2) is 9.64. The molecule has 0 bridgehead atoms. The second-order valence-electron chi connectivity index (χ2n) is 6.68. The van der Waals surface area contributed by atoms with Gasteiger partial charge in [-0.2, -0.15) is 4.99 Å². The number of thioether (sulfide) groups is 1. The first-order valence-corrected chi connectivity index (χ1v) is 10.4. The fourth-order valence-corrected chi connectivity index (χ4v) is 3.69. The quantitative estimate of drug-likeness (QED) is 0.557. The molecule has 0 saturated heterocycles. The Labute approximate surface area is 168 Å². The maximum Gasteiger partial charge on any atom is 0.338 e. The maximum atomic E-state index is 12.1. The number of nitrogens with zero attached hydrogens (tertiary/aromatic N) is 2. The van der Waals surface area contributed by atoms with Crippen molar-refractivity contribution in [3.8, 4) is 0 Å². The molecular formula is C20H23N3O4S. The van der Waals surface area contributed by atoms with Crippen LogP contribution in [0.15, 0.2) is 34.3 Å². The van der Waals surface area contributed by atoms with Gasteiger partial charge >= 0.3 is 5.97 Å². The molecule has 1 unspecified atom stereocenters. The van der Waals surface area contributed by atoms with Crippen LogP contribution in [0.25, 0.3) is 0 Å². The fourth-order valence-electron chi connectivity index (χ4n) is 3.02. The zero-order valence-electron chi connectivity index (χ0n) is 15.8. The number of hydrogen-bond acceptors (Lipinski definition) is 6. The molecule has 1 saturated carbocycles. The molecule has 1 N–H and O–H groups in total. The predicted octanol–water partition coefficient (Wildman–Crippen LogP) is 3.45. The van der Waals surface area contributed by atoms with Crippen molar-refractivity contribution in [2.45, 2.75) is 39.0 Å². The number of ether oxygens (including phenoxy) is 1. The first-order chi connectivity index (χ1) is 13.6. The molecule has 0 aromatic heterocycles. The molecule has 148 valence electrons. The summed E-state index contributed by atoms with van der Waals surface area (Å²) >= 11 is 1.15. The predicted molar refractivity (Wildman–Crippen MR) is 110 cm³/mol. The summed E-state index contributed by atoms with van der Waals surface area (Å²) in [6, 6.07) is 6.55. The van der Waals surface area contributed by atoms with Crippen molar-refractivity contribution in [2.75, 3.05) is 17.7 Å². The molecule has 28 heavy (non-hydrogen) atoms. The van der Waals surface area contributed by atoms with Gasteiger partial charge in [0.05, 0.1) is 23.8 Å². The Hall–Kier alpha value is -2.48. The zero-order chi connectivity index (χ0) is 19.9. The van der Waals surface area contributed by atoms with E-state index in [4.69, 9.17) is 4.74 Å². The Bertz CT molecular complexity index is 817. The number of aliphatic imine (C=N–C) groups is 2. The molecule has 1 aromatic carbocycles. The molecule has 1 aliphatic carbocycles. The van der Waals surface area contributed by atoms with Gasteiger partial charge in [0.2, 0.25) is 5.91 Å². The van der Waals surface area contributed by atoms with E-state index >= 15 is 0 Å². The van der Waals surface area contributed by atoms with Gasteiger partial charge in [-0.05, 0) is 49.9 Å². The van der Waals surface area contributed by atoms with Crippen LogP contribution in [-0.4, -0.2) is 41.0 Å². The normalized spacial score (nSPS) is 18.2. The number of amides is 2. The Morgan fingerprint density at radius 1 is 1.25 bits per heavy atom.